The largest absolute Gasteiger partial charge is 0.461 e. The van der Waals surface area contributed by atoms with Crippen LogP contribution in [0.1, 0.15) is 159 Å². The minimum atomic E-state index is -4.26. The topological polar surface area (TPSA) is 344 Å². The highest BCUT2D eigenvalue weighted by molar-refractivity contribution is 8.01. The molecule has 10 aromatic rings. The Bertz CT molecular complexity index is 5510. The number of hydrogen-bond acceptors (Lipinski definition) is 27. The molecule has 10 aromatic carbocycles. The van der Waals surface area contributed by atoms with Gasteiger partial charge in [0, 0.05) is 0 Å². The molecule has 0 aliphatic carbocycles. The molecule has 2 unspecified atom stereocenters. The summed E-state index contributed by atoms with van der Waals surface area (Å²) in [6, 6.07) is 66.8. The molecule has 12 rings (SSSR count). The van der Waals surface area contributed by atoms with Crippen LogP contribution in [0.4, 0.5) is 0 Å². The second-order valence-electron chi connectivity index (χ2n) is 29.7. The lowest BCUT2D eigenvalue weighted by Crippen LogP contribution is -2.48. The highest BCUT2D eigenvalue weighted by Crippen LogP contribution is 2.42. The number of hydrogen-bond donors (Lipinski definition) is 1. The number of carbonyl (C=O) groups excluding carboxylic acids is 11. The van der Waals surface area contributed by atoms with Gasteiger partial charge in [0.15, 0.2) is 54.4 Å². The minimum Gasteiger partial charge on any atom is -0.461 e. The van der Waals surface area contributed by atoms with Gasteiger partial charge >= 0.3 is 59.7 Å². The van der Waals surface area contributed by atoms with Crippen molar-refractivity contribution in [3.05, 3.63) is 354 Å². The number of aryl methyl sites for hydroxylation is 10. The van der Waals surface area contributed by atoms with E-state index in [-0.39, 0.29) is 47.3 Å². The van der Waals surface area contributed by atoms with Gasteiger partial charge in [-0.25, -0.2) is 47.9 Å². The summed E-state index contributed by atoms with van der Waals surface area (Å²) < 4.78 is 86.0. The Morgan fingerprint density at radius 1 is 0.315 bits per heavy atom. The van der Waals surface area contributed by atoms with E-state index in [0.717, 1.165) is 85.4 Å². The van der Waals surface area contributed by atoms with E-state index >= 15 is 0 Å². The van der Waals surface area contributed by atoms with Crippen molar-refractivity contribution in [3.8, 4) is 0 Å². The van der Waals surface area contributed by atoms with Crippen molar-refractivity contribution >= 4 is 99.6 Å². The van der Waals surface area contributed by atoms with Crippen LogP contribution in [0.25, 0.3) is 0 Å². The SMILES string of the molecule is Cc1ccc(C(=O)OC[C@H](OS(C)(=O)=O)[C@H](OC(=O)c2ccc(C)cc2)[C@H](C=O)OC(=O)c2ccc(C)cc2)cc1.Cc1ccc(C(=O)OC[C@H]2SC(O)[C@H](OC(=O)c3ccc(C)cc3)[C@H]2OC(=O)c2ccc(C)cc2)cc1.Cc1ccc(C(=O)OC[C@H]2SC(OC(=O)c3ccc(C)cc3)[C@H](OC(=O)c3ccc(C)cc3)[C@H]2OC(=O)c2ccc(C)cc2)cc1. The van der Waals surface area contributed by atoms with Crippen LogP contribution in [0.3, 0.4) is 0 Å². The van der Waals surface area contributed by atoms with Crippen LogP contribution in [0.15, 0.2) is 243 Å². The van der Waals surface area contributed by atoms with Crippen molar-refractivity contribution in [2.45, 2.75) is 133 Å². The summed E-state index contributed by atoms with van der Waals surface area (Å²) in [7, 11) is -4.26. The van der Waals surface area contributed by atoms with Gasteiger partial charge in [-0.3, -0.25) is 8.98 Å². The summed E-state index contributed by atoms with van der Waals surface area (Å²) in [4.78, 5) is 142. The molecular weight excluding hydrogens is 1650 g/mol. The van der Waals surface area contributed by atoms with E-state index in [1.807, 2.05) is 69.2 Å². The molecule has 2 aliphatic heterocycles. The van der Waals surface area contributed by atoms with E-state index in [2.05, 4.69) is 0 Å². The zero-order valence-electron chi connectivity index (χ0n) is 69.6. The summed E-state index contributed by atoms with van der Waals surface area (Å²) >= 11 is 2.12. The molecule has 644 valence electrons. The highest BCUT2D eigenvalue weighted by atomic mass is 32.2. The van der Waals surface area contributed by atoms with Gasteiger partial charge in [-0.05, 0) is 191 Å². The van der Waals surface area contributed by atoms with Crippen molar-refractivity contribution in [3.63, 3.8) is 0 Å². The van der Waals surface area contributed by atoms with Crippen LogP contribution in [-0.4, -0.2) is 170 Å². The third kappa shape index (κ3) is 27.1. The monoisotopic (exact) mass is 1740 g/mol. The molecule has 2 heterocycles. The molecule has 0 amide bonds. The number of aliphatic hydroxyl groups is 1. The lowest BCUT2D eigenvalue weighted by atomic mass is 10.1. The van der Waals surface area contributed by atoms with Crippen LogP contribution >= 0.6 is 23.5 Å². The Labute approximate surface area is 726 Å². The lowest BCUT2D eigenvalue weighted by molar-refractivity contribution is -0.128. The number of carbonyl (C=O) groups is 11. The molecule has 2 aliphatic rings. The molecule has 0 spiro atoms. The molecule has 25 nitrogen and oxygen atoms in total. The van der Waals surface area contributed by atoms with Gasteiger partial charge in [0.25, 0.3) is 10.1 Å². The van der Waals surface area contributed by atoms with Crippen molar-refractivity contribution in [1.82, 2.24) is 0 Å². The fourth-order valence-electron chi connectivity index (χ4n) is 12.2. The maximum Gasteiger partial charge on any atom is 0.339 e. The Morgan fingerprint density at radius 3 is 0.839 bits per heavy atom. The second-order valence-corrected chi connectivity index (χ2v) is 34.0. The normalized spacial score (nSPS) is 17.6. The predicted octanol–water partition coefficient (Wildman–Crippen LogP) is 15.2. The molecular formula is C96H92O25S3. The molecule has 124 heavy (non-hydrogen) atoms. The first-order valence-corrected chi connectivity index (χ1v) is 42.8. The number of aldehydes is 1. The van der Waals surface area contributed by atoms with Crippen molar-refractivity contribution in [1.29, 1.82) is 0 Å². The standard InChI is InChI=1S/C37H34O8S.C30H30O10S.C29H28O7S/c1-22-5-13-26(14-6-22)33(38)42-21-30-31(43-34(39)27-15-7-23(2)8-16-27)32(44-35(40)28-17-9-24(3)10-18-28)37(46-30)45-36(41)29-19-11-25(4)12-20-29;1-19-5-11-22(12-6-19)28(32)37-18-26(40-41(4,35)36)27(39-30(34)24-15-9-21(3)10-16-24)25(17-31)38-29(33)23-13-7-20(2)8-14-23;1-17-4-10-20(11-5-17)26(30)34-16-23-24(35-27(31)21-12-6-18(2)7-13-21)25(29(33)37-23)36-28(32)22-14-8-19(3)9-15-22/h5-20,30-32,37H,21H2,1-4H3;5-17,25-27H,18H2,1-4H3;4-15,23-25,29,33H,16H2,1-3H3/t30-,31+,32-,37?;25-,26-,27+;23-,24+,25-,29?/m101/s1. The van der Waals surface area contributed by atoms with Crippen molar-refractivity contribution < 1.29 is 118 Å². The molecule has 1 N–H and O–H groups in total. The number of esters is 10. The molecule has 0 aromatic heterocycles. The molecule has 11 atom stereocenters. The van der Waals surface area contributed by atoms with Crippen molar-refractivity contribution in [2.24, 2.45) is 0 Å². The minimum absolute atomic E-state index is 0.0739. The van der Waals surface area contributed by atoms with E-state index < -0.39 is 141 Å². The van der Waals surface area contributed by atoms with E-state index in [4.69, 9.17) is 51.6 Å². The molecule has 28 heteroatoms. The first kappa shape index (κ1) is 93.4. The van der Waals surface area contributed by atoms with Gasteiger partial charge in [-0.2, -0.15) is 8.42 Å². The molecule has 2 fully saturated rings. The Kier molecular flexibility index (Phi) is 33.0. The third-order valence-corrected chi connectivity index (χ3v) is 22.7. The number of thioether (sulfide) groups is 2. The quantitative estimate of drug-likeness (QED) is 0.0206. The average Bonchev–Trinajstić information content (AvgIpc) is 1.65. The number of ether oxygens (including phenoxy) is 10. The number of benzene rings is 10. The van der Waals surface area contributed by atoms with Gasteiger partial charge in [0.2, 0.25) is 0 Å². The fourth-order valence-corrected chi connectivity index (χ4v) is 15.4. The first-order chi connectivity index (χ1) is 59.1. The molecule has 0 saturated carbocycles. The van der Waals surface area contributed by atoms with Gasteiger partial charge in [-0.15, -0.1) is 23.5 Å². The van der Waals surface area contributed by atoms with Crippen LogP contribution in [0.2, 0.25) is 0 Å². The van der Waals surface area contributed by atoms with E-state index in [0.29, 0.717) is 27.8 Å². The maximum atomic E-state index is 13.4. The molecule has 0 bridgehead atoms. The number of aliphatic hydroxyl groups excluding tert-OH is 1. The van der Waals surface area contributed by atoms with Crippen LogP contribution in [0, 0.1) is 69.2 Å². The lowest BCUT2D eigenvalue weighted by Gasteiger charge is -2.29. The summed E-state index contributed by atoms with van der Waals surface area (Å²) in [6.07, 6.45) is -9.05. The Balaban J connectivity index is 0.000000196. The van der Waals surface area contributed by atoms with Gasteiger partial charge in [-0.1, -0.05) is 177 Å². The van der Waals surface area contributed by atoms with E-state index in [9.17, 15) is 66.3 Å². The summed E-state index contributed by atoms with van der Waals surface area (Å²) in [5, 5.41) is 9.36. The predicted molar refractivity (Wildman–Crippen MR) is 462 cm³/mol. The third-order valence-electron chi connectivity index (χ3n) is 19.4. The van der Waals surface area contributed by atoms with Crippen LogP contribution < -0.4 is 0 Å². The zero-order chi connectivity index (χ0) is 89.5. The first-order valence-electron chi connectivity index (χ1n) is 39.1. The van der Waals surface area contributed by atoms with Crippen molar-refractivity contribution in [2.75, 3.05) is 26.1 Å². The summed E-state index contributed by atoms with van der Waals surface area (Å²) in [5.41, 5.74) is 9.75. The summed E-state index contributed by atoms with van der Waals surface area (Å²) in [5.74, 6) is -7.11. The zero-order valence-corrected chi connectivity index (χ0v) is 72.1. The van der Waals surface area contributed by atoms with E-state index in [1.165, 1.54) is 36.4 Å². The Hall–Kier alpha value is -12.9. The van der Waals surface area contributed by atoms with Crippen LogP contribution in [-0.2, 0) is 66.5 Å². The maximum absolute atomic E-state index is 13.4. The van der Waals surface area contributed by atoms with Gasteiger partial charge in [0.1, 0.15) is 25.3 Å². The highest BCUT2D eigenvalue weighted by Gasteiger charge is 2.53. The second kappa shape index (κ2) is 43.8. The molecule has 2 saturated heterocycles. The Morgan fingerprint density at radius 2 is 0.548 bits per heavy atom. The smallest absolute Gasteiger partial charge is 0.339 e. The number of rotatable bonds is 28. The summed E-state index contributed by atoms with van der Waals surface area (Å²) in [6.45, 7) is 17.6. The van der Waals surface area contributed by atoms with Crippen LogP contribution in [0.5, 0.6) is 0 Å². The van der Waals surface area contributed by atoms with Gasteiger partial charge in [0.05, 0.1) is 72.4 Å². The van der Waals surface area contributed by atoms with Gasteiger partial charge < -0.3 is 52.5 Å². The average molecular weight is 1740 g/mol. The van der Waals surface area contributed by atoms with E-state index in [1.54, 1.807) is 206 Å². The molecule has 0 radical (unpaired) electrons. The fraction of sp³-hybridized carbons (Fsp3) is 0.260.